The molecule has 0 fully saturated rings. The van der Waals surface area contributed by atoms with E-state index in [2.05, 4.69) is 28.8 Å². The predicted octanol–water partition coefficient (Wildman–Crippen LogP) is 4.20. The lowest BCUT2D eigenvalue weighted by atomic mass is 9.78. The van der Waals surface area contributed by atoms with Crippen LogP contribution >= 0.6 is 0 Å². The summed E-state index contributed by atoms with van der Waals surface area (Å²) in [6.07, 6.45) is 2.36. The lowest BCUT2D eigenvalue weighted by molar-refractivity contribution is 0.395. The number of hydrogen-bond donors (Lipinski definition) is 1. The van der Waals surface area contributed by atoms with E-state index in [0.29, 0.717) is 18.0 Å². The first-order valence-corrected chi connectivity index (χ1v) is 11.5. The highest BCUT2D eigenvalue weighted by Crippen LogP contribution is 2.32. The number of fused-ring (bicyclic) bond motifs is 1. The highest BCUT2D eigenvalue weighted by atomic mass is 32.2. The highest BCUT2D eigenvalue weighted by Gasteiger charge is 2.27. The third-order valence-electron chi connectivity index (χ3n) is 5.10. The van der Waals surface area contributed by atoms with Gasteiger partial charge in [0, 0.05) is 16.6 Å². The lowest BCUT2D eigenvalue weighted by Crippen LogP contribution is -2.23. The molecule has 156 valence electrons. The van der Waals surface area contributed by atoms with Gasteiger partial charge in [-0.1, -0.05) is 31.2 Å². The van der Waals surface area contributed by atoms with Gasteiger partial charge in [-0.25, -0.2) is 13.4 Å². The van der Waals surface area contributed by atoms with E-state index in [-0.39, 0.29) is 0 Å². The summed E-state index contributed by atoms with van der Waals surface area (Å²) in [5.74, 6) is 0.598. The van der Waals surface area contributed by atoms with Gasteiger partial charge < -0.3 is 4.74 Å². The van der Waals surface area contributed by atoms with E-state index >= 15 is 0 Å². The molecule has 2 aromatic carbocycles. The van der Waals surface area contributed by atoms with Gasteiger partial charge in [0.05, 0.1) is 30.4 Å². The zero-order valence-corrected chi connectivity index (χ0v) is 18.4. The molecule has 0 saturated heterocycles. The summed E-state index contributed by atoms with van der Waals surface area (Å²) in [5.41, 5.74) is 3.19. The largest absolute Gasteiger partial charge is 0.481 e. The second kappa shape index (κ2) is 8.33. The second-order valence-corrected chi connectivity index (χ2v) is 9.36. The van der Waals surface area contributed by atoms with Crippen LogP contribution in [0, 0.1) is 11.3 Å². The molecule has 0 saturated carbocycles. The Hall–Kier alpha value is -3.11. The molecule has 1 aromatic heterocycles. The SMILES string of the molecule is CCc1cc2ccc(C(C)(C#N)Cc3cccc(NS(C)(=O)=O)c3)cc2nc1OC. The molecule has 0 bridgehead atoms. The van der Waals surface area contributed by atoms with Crippen LogP contribution in [0.5, 0.6) is 5.88 Å². The van der Waals surface area contributed by atoms with Gasteiger partial charge in [0.25, 0.3) is 0 Å². The van der Waals surface area contributed by atoms with Gasteiger partial charge in [-0.05, 0) is 55.2 Å². The van der Waals surface area contributed by atoms with Crippen LogP contribution in [-0.4, -0.2) is 26.8 Å². The number of anilines is 1. The molecule has 0 spiro atoms. The number of aromatic nitrogens is 1. The van der Waals surface area contributed by atoms with Crippen LogP contribution in [0.15, 0.2) is 48.5 Å². The van der Waals surface area contributed by atoms with E-state index in [1.807, 2.05) is 31.2 Å². The molecule has 3 rings (SSSR count). The van der Waals surface area contributed by atoms with Gasteiger partial charge in [-0.15, -0.1) is 0 Å². The predicted molar refractivity (Wildman–Crippen MR) is 119 cm³/mol. The fraction of sp³-hybridized carbons (Fsp3) is 0.304. The molecule has 0 radical (unpaired) electrons. The van der Waals surface area contributed by atoms with Gasteiger partial charge in [-0.3, -0.25) is 4.72 Å². The summed E-state index contributed by atoms with van der Waals surface area (Å²) < 4.78 is 30.9. The Bertz CT molecular complexity index is 1230. The Balaban J connectivity index is 1.99. The Kier molecular flexibility index (Phi) is 5.99. The Morgan fingerprint density at radius 2 is 1.97 bits per heavy atom. The smallest absolute Gasteiger partial charge is 0.229 e. The molecule has 0 aliphatic carbocycles. The maximum absolute atomic E-state index is 11.5. The zero-order chi connectivity index (χ0) is 21.9. The number of nitrogens with one attached hydrogen (secondary N) is 1. The molecule has 7 heteroatoms. The molecule has 0 aliphatic rings. The summed E-state index contributed by atoms with van der Waals surface area (Å²) in [7, 11) is -1.76. The summed E-state index contributed by atoms with van der Waals surface area (Å²) >= 11 is 0. The monoisotopic (exact) mass is 423 g/mol. The van der Waals surface area contributed by atoms with Gasteiger partial charge in [0.2, 0.25) is 15.9 Å². The minimum atomic E-state index is -3.37. The van der Waals surface area contributed by atoms with Crippen molar-refractivity contribution in [2.24, 2.45) is 0 Å². The molecule has 0 amide bonds. The fourth-order valence-electron chi connectivity index (χ4n) is 3.54. The number of sulfonamides is 1. The van der Waals surface area contributed by atoms with Crippen molar-refractivity contribution in [3.8, 4) is 11.9 Å². The fourth-order valence-corrected chi connectivity index (χ4v) is 4.09. The number of rotatable bonds is 7. The van der Waals surface area contributed by atoms with Crippen LogP contribution < -0.4 is 9.46 Å². The van der Waals surface area contributed by atoms with Gasteiger partial charge >= 0.3 is 0 Å². The van der Waals surface area contributed by atoms with E-state index in [1.54, 1.807) is 25.3 Å². The summed E-state index contributed by atoms with van der Waals surface area (Å²) in [5, 5.41) is 11.0. The first-order chi connectivity index (χ1) is 14.2. The average molecular weight is 424 g/mol. The minimum Gasteiger partial charge on any atom is -0.481 e. The number of nitrogens with zero attached hydrogens (tertiary/aromatic N) is 2. The zero-order valence-electron chi connectivity index (χ0n) is 17.6. The van der Waals surface area contributed by atoms with E-state index in [4.69, 9.17) is 4.74 Å². The highest BCUT2D eigenvalue weighted by molar-refractivity contribution is 7.92. The number of pyridine rings is 1. The third kappa shape index (κ3) is 4.71. The number of nitriles is 1. The first kappa shape index (κ1) is 21.6. The standard InChI is InChI=1S/C23H25N3O3S/c1-5-17-12-18-9-10-19(13-21(18)25-22(17)29-3)23(2,15-24)14-16-7-6-8-20(11-16)26-30(4,27)28/h6-13,26H,5,14H2,1-4H3. The van der Waals surface area contributed by atoms with Crippen LogP contribution in [0.3, 0.4) is 0 Å². The second-order valence-electron chi connectivity index (χ2n) is 7.61. The molecule has 1 heterocycles. The van der Waals surface area contributed by atoms with Crippen molar-refractivity contribution in [1.29, 1.82) is 5.26 Å². The lowest BCUT2D eigenvalue weighted by Gasteiger charge is -2.23. The Morgan fingerprint density at radius 3 is 2.60 bits per heavy atom. The van der Waals surface area contributed by atoms with Crippen LogP contribution in [0.4, 0.5) is 5.69 Å². The summed E-state index contributed by atoms with van der Waals surface area (Å²) in [6, 6.07) is 17.5. The first-order valence-electron chi connectivity index (χ1n) is 9.63. The molecular weight excluding hydrogens is 398 g/mol. The molecule has 6 nitrogen and oxygen atoms in total. The van der Waals surface area contributed by atoms with E-state index in [1.165, 1.54) is 0 Å². The number of benzene rings is 2. The van der Waals surface area contributed by atoms with Crippen LogP contribution in [0.25, 0.3) is 10.9 Å². The quantitative estimate of drug-likeness (QED) is 0.615. The summed E-state index contributed by atoms with van der Waals surface area (Å²) in [6.45, 7) is 3.93. The van der Waals surface area contributed by atoms with Crippen LogP contribution in [0.2, 0.25) is 0 Å². The molecule has 1 atom stereocenters. The minimum absolute atomic E-state index is 0.429. The number of hydrogen-bond acceptors (Lipinski definition) is 5. The Labute approximate surface area is 177 Å². The van der Waals surface area contributed by atoms with Gasteiger partial charge in [-0.2, -0.15) is 5.26 Å². The molecule has 1 N–H and O–H groups in total. The van der Waals surface area contributed by atoms with Crippen LogP contribution in [-0.2, 0) is 28.3 Å². The molecule has 0 aliphatic heterocycles. The van der Waals surface area contributed by atoms with E-state index in [9.17, 15) is 13.7 Å². The molecule has 3 aromatic rings. The van der Waals surface area contributed by atoms with Crippen molar-refractivity contribution in [2.45, 2.75) is 32.1 Å². The van der Waals surface area contributed by atoms with E-state index in [0.717, 1.165) is 40.3 Å². The topological polar surface area (TPSA) is 92.1 Å². The van der Waals surface area contributed by atoms with Crippen LogP contribution in [0.1, 0.15) is 30.5 Å². The molecule has 30 heavy (non-hydrogen) atoms. The van der Waals surface area contributed by atoms with Gasteiger partial charge in [0.1, 0.15) is 0 Å². The van der Waals surface area contributed by atoms with Crippen molar-refractivity contribution < 1.29 is 13.2 Å². The van der Waals surface area contributed by atoms with Crippen molar-refractivity contribution in [1.82, 2.24) is 4.98 Å². The van der Waals surface area contributed by atoms with Crippen molar-refractivity contribution in [3.63, 3.8) is 0 Å². The Morgan fingerprint density at radius 1 is 1.20 bits per heavy atom. The van der Waals surface area contributed by atoms with E-state index < -0.39 is 15.4 Å². The van der Waals surface area contributed by atoms with Crippen molar-refractivity contribution >= 4 is 26.6 Å². The van der Waals surface area contributed by atoms with Crippen molar-refractivity contribution in [3.05, 3.63) is 65.2 Å². The maximum Gasteiger partial charge on any atom is 0.229 e. The third-order valence-corrected chi connectivity index (χ3v) is 5.71. The van der Waals surface area contributed by atoms with Gasteiger partial charge in [0.15, 0.2) is 0 Å². The van der Waals surface area contributed by atoms with Crippen molar-refractivity contribution in [2.75, 3.05) is 18.1 Å². The number of ether oxygens (including phenoxy) is 1. The maximum atomic E-state index is 11.5. The molecular formula is C23H25N3O3S. The number of aryl methyl sites for hydroxylation is 1. The summed E-state index contributed by atoms with van der Waals surface area (Å²) in [4.78, 5) is 4.63. The normalized spacial score (nSPS) is 13.4. The molecule has 1 unspecified atom stereocenters. The average Bonchev–Trinajstić information content (AvgIpc) is 2.71. The number of methoxy groups -OCH3 is 1.